The van der Waals surface area contributed by atoms with Gasteiger partial charge in [-0.3, -0.25) is 0 Å². The van der Waals surface area contributed by atoms with Gasteiger partial charge in [0.05, 0.1) is 16.7 Å². The van der Waals surface area contributed by atoms with Crippen LogP contribution in [0, 0.1) is 0 Å². The van der Waals surface area contributed by atoms with Crippen LogP contribution in [0.25, 0.3) is 58.8 Å². The summed E-state index contributed by atoms with van der Waals surface area (Å²) in [7, 11) is 0. The minimum absolute atomic E-state index is 0.344. The highest BCUT2D eigenvalue weighted by atomic mass is 32.1. The molecular weight excluding hydrogens is 555 g/mol. The van der Waals surface area contributed by atoms with Crippen molar-refractivity contribution in [3.05, 3.63) is 163 Å². The molecule has 0 saturated carbocycles. The maximum atomic E-state index is 5.49. The van der Waals surface area contributed by atoms with Gasteiger partial charge in [-0.05, 0) is 41.0 Å². The molecule has 2 aromatic heterocycles. The van der Waals surface area contributed by atoms with Crippen LogP contribution in [0.15, 0.2) is 157 Å². The number of fused-ring (bicyclic) bond motifs is 6. The van der Waals surface area contributed by atoms with Crippen molar-refractivity contribution in [1.82, 2.24) is 9.88 Å². The predicted octanol–water partition coefficient (Wildman–Crippen LogP) is 10.4. The number of benzene rings is 6. The maximum Gasteiger partial charge on any atom is 0.201 e. The maximum absolute atomic E-state index is 5.49. The van der Waals surface area contributed by atoms with Gasteiger partial charge >= 0.3 is 0 Å². The third-order valence-electron chi connectivity index (χ3n) is 8.65. The van der Waals surface area contributed by atoms with Gasteiger partial charge in [0.2, 0.25) is 6.29 Å². The number of aromatic nitrogens is 1. The van der Waals surface area contributed by atoms with Crippen molar-refractivity contribution >= 4 is 64.7 Å². The Kier molecular flexibility index (Phi) is 5.75. The zero-order valence-corrected chi connectivity index (χ0v) is 24.6. The van der Waals surface area contributed by atoms with Crippen LogP contribution in [0.4, 0.5) is 0 Å². The number of para-hydroxylation sites is 1. The zero-order chi connectivity index (χ0) is 29.0. The normalized spacial score (nSPS) is 15.0. The van der Waals surface area contributed by atoms with Gasteiger partial charge in [0.25, 0.3) is 0 Å². The van der Waals surface area contributed by atoms with E-state index < -0.39 is 0 Å². The van der Waals surface area contributed by atoms with E-state index >= 15 is 0 Å². The van der Waals surface area contributed by atoms with E-state index in [2.05, 4.69) is 162 Å². The van der Waals surface area contributed by atoms with E-state index in [1.807, 2.05) is 11.3 Å². The first-order valence-corrected chi connectivity index (χ1v) is 15.7. The molecule has 0 radical (unpaired) electrons. The summed E-state index contributed by atoms with van der Waals surface area (Å²) in [5.41, 5.74) is 9.04. The summed E-state index contributed by atoms with van der Waals surface area (Å²) in [6, 6.07) is 52.0. The molecule has 9 rings (SSSR count). The second-order valence-corrected chi connectivity index (χ2v) is 12.3. The lowest BCUT2D eigenvalue weighted by Crippen LogP contribution is -2.29. The second kappa shape index (κ2) is 10.1. The van der Waals surface area contributed by atoms with E-state index in [1.165, 1.54) is 42.1 Å². The second-order valence-electron chi connectivity index (χ2n) is 11.2. The molecule has 208 valence electrons. The van der Waals surface area contributed by atoms with E-state index in [4.69, 9.17) is 4.99 Å². The van der Waals surface area contributed by atoms with Crippen molar-refractivity contribution in [2.75, 3.05) is 0 Å². The third-order valence-corrected chi connectivity index (χ3v) is 9.87. The van der Waals surface area contributed by atoms with Crippen LogP contribution in [0.3, 0.4) is 0 Å². The van der Waals surface area contributed by atoms with Crippen LogP contribution in [-0.4, -0.2) is 10.3 Å². The Morgan fingerprint density at radius 3 is 2.07 bits per heavy atom. The van der Waals surface area contributed by atoms with Crippen molar-refractivity contribution in [1.29, 1.82) is 0 Å². The van der Waals surface area contributed by atoms with Crippen LogP contribution in [0.5, 0.6) is 0 Å². The topological polar surface area (TPSA) is 29.3 Å². The lowest BCUT2D eigenvalue weighted by Gasteiger charge is -2.27. The first-order chi connectivity index (χ1) is 21.8. The molecule has 8 aromatic rings. The number of rotatable bonds is 4. The molecule has 3 nitrogen and oxygen atoms in total. The molecule has 0 fully saturated rings. The molecule has 0 bridgehead atoms. The fraction of sp³-hybridized carbons (Fsp3) is 0.0250. The number of aliphatic imine (C=N–C) groups is 1. The lowest BCUT2D eigenvalue weighted by atomic mass is 10.0. The van der Waals surface area contributed by atoms with Crippen molar-refractivity contribution in [3.8, 4) is 11.1 Å². The average Bonchev–Trinajstić information content (AvgIpc) is 3.64. The summed E-state index contributed by atoms with van der Waals surface area (Å²) in [5, 5.41) is 8.85. The number of allylic oxidation sites excluding steroid dienone is 1. The van der Waals surface area contributed by atoms with Crippen molar-refractivity contribution in [2.45, 2.75) is 6.29 Å². The molecule has 0 aliphatic carbocycles. The lowest BCUT2D eigenvalue weighted by molar-refractivity contribution is 0.508. The van der Waals surface area contributed by atoms with Crippen LogP contribution in [0.1, 0.15) is 17.4 Å². The Hall–Kier alpha value is -5.45. The highest BCUT2D eigenvalue weighted by molar-refractivity contribution is 7.26. The summed E-state index contributed by atoms with van der Waals surface area (Å²) in [6.07, 6.45) is 1.87. The summed E-state index contributed by atoms with van der Waals surface area (Å²) >= 11 is 1.85. The minimum Gasteiger partial charge on any atom is -0.346 e. The van der Waals surface area contributed by atoms with Gasteiger partial charge in [0.1, 0.15) is 0 Å². The molecule has 1 atom stereocenters. The molecular formula is C40H27N3S. The molecule has 1 aliphatic heterocycles. The molecule has 44 heavy (non-hydrogen) atoms. The third kappa shape index (κ3) is 3.99. The van der Waals surface area contributed by atoms with Crippen LogP contribution < -0.4 is 5.32 Å². The summed E-state index contributed by atoms with van der Waals surface area (Å²) in [4.78, 5) is 5.49. The SMILES string of the molecule is C1=C(c2ccccc2)NC(n2c3ccccc3c3ccc(-c4ccccc4)cc32)N=C1c1cccc2c1sc1ccccc12. The predicted molar refractivity (Wildman–Crippen MR) is 187 cm³/mol. The Labute approximate surface area is 259 Å². The monoisotopic (exact) mass is 581 g/mol. The molecule has 1 unspecified atom stereocenters. The van der Waals surface area contributed by atoms with Crippen LogP contribution >= 0.6 is 11.3 Å². The number of thiophene rings is 1. The first kappa shape index (κ1) is 25.1. The Morgan fingerprint density at radius 1 is 0.545 bits per heavy atom. The number of nitrogens with one attached hydrogen (secondary N) is 1. The minimum atomic E-state index is -0.344. The van der Waals surface area contributed by atoms with Gasteiger partial charge in [-0.1, -0.05) is 127 Å². The number of nitrogens with zero attached hydrogens (tertiary/aromatic N) is 2. The first-order valence-electron chi connectivity index (χ1n) is 14.9. The Bertz CT molecular complexity index is 2410. The summed E-state index contributed by atoms with van der Waals surface area (Å²) < 4.78 is 4.94. The average molecular weight is 582 g/mol. The highest BCUT2D eigenvalue weighted by Gasteiger charge is 2.24. The van der Waals surface area contributed by atoms with Crippen LogP contribution in [-0.2, 0) is 0 Å². The summed E-state index contributed by atoms with van der Waals surface area (Å²) in [5.74, 6) is 0. The highest BCUT2D eigenvalue weighted by Crippen LogP contribution is 2.39. The number of hydrogen-bond acceptors (Lipinski definition) is 3. The molecule has 3 heterocycles. The van der Waals surface area contributed by atoms with E-state index in [9.17, 15) is 0 Å². The number of hydrogen-bond donors (Lipinski definition) is 1. The van der Waals surface area contributed by atoms with Gasteiger partial charge in [-0.25, -0.2) is 4.99 Å². The Balaban J connectivity index is 1.30. The largest absolute Gasteiger partial charge is 0.346 e. The van der Waals surface area contributed by atoms with E-state index in [0.717, 1.165) is 33.6 Å². The van der Waals surface area contributed by atoms with Crippen molar-refractivity contribution in [3.63, 3.8) is 0 Å². The van der Waals surface area contributed by atoms with Crippen molar-refractivity contribution < 1.29 is 0 Å². The Morgan fingerprint density at radius 2 is 1.23 bits per heavy atom. The molecule has 6 aromatic carbocycles. The van der Waals surface area contributed by atoms with Gasteiger partial charge in [-0.2, -0.15) is 0 Å². The quantitative estimate of drug-likeness (QED) is 0.220. The molecule has 0 spiro atoms. The zero-order valence-electron chi connectivity index (χ0n) is 23.8. The molecule has 1 aliphatic rings. The van der Waals surface area contributed by atoms with Gasteiger partial charge in [0.15, 0.2) is 0 Å². The van der Waals surface area contributed by atoms with Gasteiger partial charge < -0.3 is 9.88 Å². The van der Waals surface area contributed by atoms with E-state index in [1.54, 1.807) is 0 Å². The standard InChI is InChI=1S/C40H27N3S/c1-3-12-26(13-4-1)28-22-23-30-29-16-7-9-20-36(29)43(37(30)24-28)40-41-34(27-14-5-2-6-15-27)25-35(42-40)33-19-11-18-32-31-17-8-10-21-38(31)44-39(32)33/h1-25,40-41H. The molecule has 1 N–H and O–H groups in total. The van der Waals surface area contributed by atoms with Gasteiger partial charge in [-0.15, -0.1) is 11.3 Å². The van der Waals surface area contributed by atoms with Gasteiger partial charge in [0, 0.05) is 42.2 Å². The van der Waals surface area contributed by atoms with Crippen LogP contribution in [0.2, 0.25) is 0 Å². The fourth-order valence-electron chi connectivity index (χ4n) is 6.60. The molecule has 4 heteroatoms. The molecule has 0 saturated heterocycles. The molecule has 0 amide bonds. The fourth-order valence-corrected chi connectivity index (χ4v) is 7.82. The van der Waals surface area contributed by atoms with Crippen molar-refractivity contribution in [2.24, 2.45) is 4.99 Å². The van der Waals surface area contributed by atoms with E-state index in [-0.39, 0.29) is 6.29 Å². The van der Waals surface area contributed by atoms with E-state index in [0.29, 0.717) is 0 Å². The summed E-state index contributed by atoms with van der Waals surface area (Å²) in [6.45, 7) is 0. The smallest absolute Gasteiger partial charge is 0.201 e.